The average molecular weight is 605 g/mol. The van der Waals surface area contributed by atoms with E-state index in [1.165, 1.54) is 35.1 Å². The van der Waals surface area contributed by atoms with Crippen molar-refractivity contribution >= 4 is 72.3 Å². The molecule has 0 saturated carbocycles. The number of likely N-dealkylation sites (N-methyl/N-ethyl adjacent to an activating group) is 1. The fraction of sp³-hybridized carbons (Fsp3) is 0.185. The van der Waals surface area contributed by atoms with Crippen molar-refractivity contribution in [2.45, 2.75) is 13.2 Å². The Labute approximate surface area is 246 Å². The number of nitrogens with two attached hydrogens (primary N) is 1. The summed E-state index contributed by atoms with van der Waals surface area (Å²) in [7, 11) is 1.90. The normalized spacial score (nSPS) is 11.4. The van der Waals surface area contributed by atoms with E-state index in [0.717, 1.165) is 25.5 Å². The Morgan fingerprint density at radius 3 is 2.69 bits per heavy atom. The molecule has 0 aliphatic carbocycles. The highest BCUT2D eigenvalue weighted by Crippen LogP contribution is 2.38. The number of imidazole rings is 1. The number of carbonyl (C=O) groups excluding carboxylic acids is 1. The molecule has 4 aromatic heterocycles. The molecule has 5 aromatic rings. The summed E-state index contributed by atoms with van der Waals surface area (Å²) in [5, 5.41) is 21.7. The van der Waals surface area contributed by atoms with Gasteiger partial charge in [-0.25, -0.2) is 14.6 Å². The summed E-state index contributed by atoms with van der Waals surface area (Å²) in [6.45, 7) is 1.25. The highest BCUT2D eigenvalue weighted by molar-refractivity contribution is 7.30. The van der Waals surface area contributed by atoms with Crippen LogP contribution in [0, 0.1) is 11.3 Å². The van der Waals surface area contributed by atoms with Crippen molar-refractivity contribution in [3.05, 3.63) is 64.3 Å². The summed E-state index contributed by atoms with van der Waals surface area (Å²) in [5.74, 6) is -0.861. The number of fused-ring (bicyclic) bond motifs is 2. The van der Waals surface area contributed by atoms with Crippen LogP contribution >= 0.6 is 22.7 Å². The minimum Gasteiger partial charge on any atom is -0.477 e. The second kappa shape index (κ2) is 12.5. The summed E-state index contributed by atoms with van der Waals surface area (Å²) in [6.07, 6.45) is 2.35. The lowest BCUT2D eigenvalue weighted by molar-refractivity contribution is -0.132. The van der Waals surface area contributed by atoms with Crippen LogP contribution in [-0.2, 0) is 22.7 Å². The number of benzene rings is 1. The third-order valence-electron chi connectivity index (χ3n) is 5.99. The Morgan fingerprint density at radius 1 is 1.19 bits per heavy atom. The first-order valence-electron chi connectivity index (χ1n) is 12.5. The van der Waals surface area contributed by atoms with Gasteiger partial charge in [0, 0.05) is 27.9 Å². The van der Waals surface area contributed by atoms with Crippen molar-refractivity contribution in [3.63, 3.8) is 0 Å². The van der Waals surface area contributed by atoms with Crippen LogP contribution in [0.2, 0.25) is 0 Å². The van der Waals surface area contributed by atoms with Gasteiger partial charge in [-0.15, -0.1) is 22.7 Å². The van der Waals surface area contributed by atoms with Gasteiger partial charge in [-0.2, -0.15) is 15.2 Å². The number of hydrogen-bond donors (Lipinski definition) is 4. The summed E-state index contributed by atoms with van der Waals surface area (Å²) in [6, 6.07) is 13.1. The molecule has 0 radical (unpaired) electrons. The molecule has 0 aliphatic heterocycles. The number of carboxylic acid groups (broad SMARTS) is 1. The number of aromatic nitrogens is 4. The molecule has 13 nitrogen and oxygen atoms in total. The number of aromatic amines is 1. The zero-order valence-corrected chi connectivity index (χ0v) is 23.8. The number of thiophene rings is 2. The number of rotatable bonds is 11. The van der Waals surface area contributed by atoms with Gasteiger partial charge < -0.3 is 35.5 Å². The number of hydrogen-bond acceptors (Lipinski definition) is 12. The number of anilines is 2. The number of ether oxygens (including phenoxy) is 2. The summed E-state index contributed by atoms with van der Waals surface area (Å²) >= 11 is 2.95. The molecule has 0 saturated heterocycles. The molecule has 1 aromatic carbocycles. The number of nitrogen functional groups attached to an aromatic ring is 1. The first kappa shape index (κ1) is 28.3. The highest BCUT2D eigenvalue weighted by atomic mass is 32.1. The molecular weight excluding hydrogens is 580 g/mol. The fourth-order valence-electron chi connectivity index (χ4n) is 3.83. The Kier molecular flexibility index (Phi) is 8.46. The van der Waals surface area contributed by atoms with Crippen LogP contribution in [0.3, 0.4) is 0 Å². The SMILES string of the molecule is CN(CCOC(=O)NCc1ccc(COc2nc(N)nc3[nH]cnc23)cc1)c1cc2sc(/C=C(\C#N)C(=O)O)cc2s1. The maximum Gasteiger partial charge on any atom is 0.407 e. The molecule has 1 amide bonds. The number of nitriles is 1. The zero-order chi connectivity index (χ0) is 29.6. The molecule has 42 heavy (non-hydrogen) atoms. The topological polar surface area (TPSA) is 192 Å². The average Bonchev–Trinajstić information content (AvgIpc) is 3.69. The van der Waals surface area contributed by atoms with Gasteiger partial charge in [0.1, 0.15) is 24.9 Å². The monoisotopic (exact) mass is 604 g/mol. The van der Waals surface area contributed by atoms with Crippen LogP contribution in [0.5, 0.6) is 5.88 Å². The molecule has 5 N–H and O–H groups in total. The van der Waals surface area contributed by atoms with Crippen LogP contribution in [0.4, 0.5) is 15.7 Å². The Hall–Kier alpha value is -5.20. The lowest BCUT2D eigenvalue weighted by atomic mass is 10.1. The lowest BCUT2D eigenvalue weighted by Crippen LogP contribution is -2.28. The van der Waals surface area contributed by atoms with Crippen molar-refractivity contribution in [3.8, 4) is 11.9 Å². The molecule has 214 valence electrons. The number of alkyl carbamates (subject to hydrolysis) is 1. The van der Waals surface area contributed by atoms with E-state index in [0.29, 0.717) is 35.0 Å². The number of nitrogens with zero attached hydrogens (tertiary/aromatic N) is 5. The number of amides is 1. The van der Waals surface area contributed by atoms with Crippen molar-refractivity contribution < 1.29 is 24.2 Å². The summed E-state index contributed by atoms with van der Waals surface area (Å²) in [5.41, 5.74) is 8.22. The largest absolute Gasteiger partial charge is 0.477 e. The van der Waals surface area contributed by atoms with Gasteiger partial charge in [-0.05, 0) is 29.3 Å². The second-order valence-electron chi connectivity index (χ2n) is 8.94. The van der Waals surface area contributed by atoms with Crippen LogP contribution in [0.15, 0.2) is 48.3 Å². The van der Waals surface area contributed by atoms with E-state index in [9.17, 15) is 9.59 Å². The summed E-state index contributed by atoms with van der Waals surface area (Å²) in [4.78, 5) is 41.1. The van der Waals surface area contributed by atoms with E-state index < -0.39 is 12.1 Å². The van der Waals surface area contributed by atoms with Crippen molar-refractivity contribution in [1.29, 1.82) is 5.26 Å². The van der Waals surface area contributed by atoms with Crippen LogP contribution in [0.1, 0.15) is 16.0 Å². The zero-order valence-electron chi connectivity index (χ0n) is 22.2. The molecular formula is C27H24N8O5S2. The van der Waals surface area contributed by atoms with E-state index in [1.54, 1.807) is 6.07 Å². The van der Waals surface area contributed by atoms with E-state index >= 15 is 0 Å². The Morgan fingerprint density at radius 2 is 1.95 bits per heavy atom. The predicted molar refractivity (Wildman–Crippen MR) is 159 cm³/mol. The number of nitrogens with one attached hydrogen (secondary N) is 2. The van der Waals surface area contributed by atoms with Crippen molar-refractivity contribution in [2.75, 3.05) is 30.8 Å². The van der Waals surface area contributed by atoms with Gasteiger partial charge in [-0.1, -0.05) is 24.3 Å². The van der Waals surface area contributed by atoms with Gasteiger partial charge in [0.25, 0.3) is 0 Å². The molecule has 5 rings (SSSR count). The van der Waals surface area contributed by atoms with Gasteiger partial charge in [0.2, 0.25) is 11.8 Å². The van der Waals surface area contributed by atoms with E-state index in [-0.39, 0.29) is 24.7 Å². The van der Waals surface area contributed by atoms with Crippen molar-refractivity contribution in [1.82, 2.24) is 25.3 Å². The Bertz CT molecular complexity index is 1790. The molecule has 0 fully saturated rings. The van der Waals surface area contributed by atoms with Gasteiger partial charge in [0.15, 0.2) is 11.2 Å². The molecule has 15 heteroatoms. The smallest absolute Gasteiger partial charge is 0.407 e. The van der Waals surface area contributed by atoms with Crippen molar-refractivity contribution in [2.24, 2.45) is 0 Å². The standard InChI is InChI=1S/C27H24N8O5S2/c1-35(21-10-20-19(42-21)9-18(41-20)8-17(11-28)25(36)37)6-7-39-27(38)30-12-15-2-4-16(5-3-15)13-40-24-22-23(32-14-31-22)33-26(29)34-24/h2-5,8-10,14H,6-7,12-13H2,1H3,(H,30,38)(H,36,37)(H3,29,31,32,33,34)/b17-8+. The van der Waals surface area contributed by atoms with Gasteiger partial charge in [0.05, 0.1) is 17.9 Å². The molecule has 0 atom stereocenters. The van der Waals surface area contributed by atoms with E-state index in [2.05, 4.69) is 25.3 Å². The van der Waals surface area contributed by atoms with Gasteiger partial charge >= 0.3 is 12.1 Å². The first-order chi connectivity index (χ1) is 20.3. The van der Waals surface area contributed by atoms with Crippen LogP contribution < -0.4 is 20.7 Å². The predicted octanol–water partition coefficient (Wildman–Crippen LogP) is 4.14. The lowest BCUT2D eigenvalue weighted by Gasteiger charge is -2.16. The van der Waals surface area contributed by atoms with Crippen LogP contribution in [-0.4, -0.2) is 57.3 Å². The number of aliphatic carboxylic acids is 1. The highest BCUT2D eigenvalue weighted by Gasteiger charge is 2.13. The number of carbonyl (C=O) groups is 2. The van der Waals surface area contributed by atoms with E-state index in [1.807, 2.05) is 48.3 Å². The second-order valence-corrected chi connectivity index (χ2v) is 11.1. The maximum absolute atomic E-state index is 12.2. The van der Waals surface area contributed by atoms with E-state index in [4.69, 9.17) is 25.6 Å². The van der Waals surface area contributed by atoms with Gasteiger partial charge in [-0.3, -0.25) is 0 Å². The third-order valence-corrected chi connectivity index (χ3v) is 8.34. The maximum atomic E-state index is 12.2. The summed E-state index contributed by atoms with van der Waals surface area (Å²) < 4.78 is 13.1. The Balaban J connectivity index is 1.04. The molecule has 0 aliphatic rings. The fourth-order valence-corrected chi connectivity index (χ4v) is 6.16. The minimum atomic E-state index is -1.25. The number of carboxylic acids is 1. The quantitative estimate of drug-likeness (QED) is 0.125. The molecule has 0 spiro atoms. The third kappa shape index (κ3) is 6.74. The molecule has 0 bridgehead atoms. The first-order valence-corrected chi connectivity index (χ1v) is 14.1. The number of H-pyrrole nitrogens is 1. The molecule has 4 heterocycles. The van der Waals surface area contributed by atoms with Crippen LogP contribution in [0.25, 0.3) is 26.6 Å². The minimum absolute atomic E-state index is 0.0902. The molecule has 0 unspecified atom stereocenters.